The Hall–Kier alpha value is -1.13. The lowest BCUT2D eigenvalue weighted by molar-refractivity contribution is 0.0671. The smallest absolute Gasteiger partial charge is 0.123 e. The monoisotopic (exact) mass is 264 g/mol. The molecular weight excluding hydrogens is 243 g/mol. The topological polar surface area (TPSA) is 26.7 Å². The lowest BCUT2D eigenvalue weighted by Crippen LogP contribution is -2.52. The van der Waals surface area contributed by atoms with Crippen LogP contribution in [0.4, 0.5) is 10.1 Å². The second-order valence-corrected chi connectivity index (χ2v) is 5.57. The number of nitrogens with zero attached hydrogens (tertiary/aromatic N) is 2. The zero-order chi connectivity index (χ0) is 13.2. The van der Waals surface area contributed by atoms with Gasteiger partial charge >= 0.3 is 0 Å². The second-order valence-electron chi connectivity index (χ2n) is 5.57. The van der Waals surface area contributed by atoms with Crippen molar-refractivity contribution in [2.24, 2.45) is 0 Å². The van der Waals surface area contributed by atoms with Crippen molar-refractivity contribution in [3.63, 3.8) is 0 Å². The molecule has 0 aromatic heterocycles. The minimum atomic E-state index is -0.184. The summed E-state index contributed by atoms with van der Waals surface area (Å²) in [5.74, 6) is -0.184. The molecule has 3 nitrogen and oxygen atoms in total. The molecule has 0 radical (unpaired) electrons. The van der Waals surface area contributed by atoms with Crippen LogP contribution in [0.15, 0.2) is 24.3 Å². The number of halogens is 1. The molecule has 2 atom stereocenters. The average molecular weight is 264 g/mol. The summed E-state index contributed by atoms with van der Waals surface area (Å²) < 4.78 is 12.9. The summed E-state index contributed by atoms with van der Waals surface area (Å²) >= 11 is 0. The Labute approximate surface area is 113 Å². The summed E-state index contributed by atoms with van der Waals surface area (Å²) in [5.41, 5.74) is 1.09. The summed E-state index contributed by atoms with van der Waals surface area (Å²) in [6.07, 6.45) is 3.07. The predicted molar refractivity (Wildman–Crippen MR) is 73.8 cm³/mol. The van der Waals surface area contributed by atoms with Crippen LogP contribution in [-0.2, 0) is 0 Å². The van der Waals surface area contributed by atoms with E-state index in [9.17, 15) is 9.50 Å². The predicted octanol–water partition coefficient (Wildman–Crippen LogP) is 1.86. The first kappa shape index (κ1) is 12.9. The molecule has 1 saturated heterocycles. The van der Waals surface area contributed by atoms with Gasteiger partial charge in [0.15, 0.2) is 0 Å². The van der Waals surface area contributed by atoms with Gasteiger partial charge in [0.1, 0.15) is 5.82 Å². The van der Waals surface area contributed by atoms with Crippen LogP contribution in [0.2, 0.25) is 0 Å². The molecule has 1 aliphatic heterocycles. The molecule has 2 fully saturated rings. The quantitative estimate of drug-likeness (QED) is 0.883. The molecule has 1 aromatic rings. The number of aliphatic hydroxyl groups excluding tert-OH is 1. The van der Waals surface area contributed by atoms with E-state index in [1.54, 1.807) is 0 Å². The molecule has 2 aliphatic rings. The first-order valence-corrected chi connectivity index (χ1v) is 7.17. The highest BCUT2D eigenvalue weighted by Crippen LogP contribution is 2.26. The molecule has 4 heteroatoms. The van der Waals surface area contributed by atoms with Gasteiger partial charge in [-0.1, -0.05) is 0 Å². The van der Waals surface area contributed by atoms with E-state index in [0.717, 1.165) is 51.1 Å². The first-order chi connectivity index (χ1) is 9.24. The van der Waals surface area contributed by atoms with E-state index in [1.165, 1.54) is 12.1 Å². The summed E-state index contributed by atoms with van der Waals surface area (Å²) in [6.45, 7) is 3.88. The van der Waals surface area contributed by atoms with Crippen LogP contribution in [-0.4, -0.2) is 48.3 Å². The Morgan fingerprint density at radius 1 is 1.00 bits per heavy atom. The van der Waals surface area contributed by atoms with Crippen LogP contribution in [0.3, 0.4) is 0 Å². The van der Waals surface area contributed by atoms with Gasteiger partial charge in [0, 0.05) is 37.9 Å². The zero-order valence-corrected chi connectivity index (χ0v) is 11.1. The highest BCUT2D eigenvalue weighted by molar-refractivity contribution is 5.46. The molecule has 1 heterocycles. The Morgan fingerprint density at radius 2 is 1.68 bits per heavy atom. The minimum absolute atomic E-state index is 0.141. The fourth-order valence-electron chi connectivity index (χ4n) is 3.31. The molecular formula is C15H21FN2O. The minimum Gasteiger partial charge on any atom is -0.391 e. The molecule has 1 saturated carbocycles. The van der Waals surface area contributed by atoms with Gasteiger partial charge in [-0.05, 0) is 43.5 Å². The Kier molecular flexibility index (Phi) is 3.71. The van der Waals surface area contributed by atoms with Crippen molar-refractivity contribution >= 4 is 5.69 Å². The maximum atomic E-state index is 12.9. The largest absolute Gasteiger partial charge is 0.391 e. The number of anilines is 1. The fourth-order valence-corrected chi connectivity index (χ4v) is 3.31. The fraction of sp³-hybridized carbons (Fsp3) is 0.600. The highest BCUT2D eigenvalue weighted by Gasteiger charge is 2.32. The molecule has 19 heavy (non-hydrogen) atoms. The Morgan fingerprint density at radius 3 is 2.26 bits per heavy atom. The van der Waals surface area contributed by atoms with Gasteiger partial charge in [0.05, 0.1) is 6.10 Å². The number of benzene rings is 1. The van der Waals surface area contributed by atoms with Gasteiger partial charge in [-0.2, -0.15) is 0 Å². The van der Waals surface area contributed by atoms with Gasteiger partial charge in [-0.15, -0.1) is 0 Å². The van der Waals surface area contributed by atoms with Crippen LogP contribution in [0.5, 0.6) is 0 Å². The summed E-state index contributed by atoms with van der Waals surface area (Å²) in [7, 11) is 0. The summed E-state index contributed by atoms with van der Waals surface area (Å²) in [6, 6.07) is 7.07. The number of hydrogen-bond donors (Lipinski definition) is 1. The van der Waals surface area contributed by atoms with Crippen LogP contribution in [0.1, 0.15) is 19.3 Å². The van der Waals surface area contributed by atoms with Crippen LogP contribution >= 0.6 is 0 Å². The van der Waals surface area contributed by atoms with Crippen molar-refractivity contribution in [3.8, 4) is 0 Å². The lowest BCUT2D eigenvalue weighted by atomic mass is 10.1. The van der Waals surface area contributed by atoms with E-state index in [4.69, 9.17) is 0 Å². The molecule has 0 spiro atoms. The van der Waals surface area contributed by atoms with Crippen LogP contribution in [0, 0.1) is 5.82 Å². The average Bonchev–Trinajstić information content (AvgIpc) is 2.86. The Bertz CT molecular complexity index is 415. The molecule has 3 rings (SSSR count). The normalized spacial score (nSPS) is 28.8. The van der Waals surface area contributed by atoms with Crippen molar-refractivity contribution < 1.29 is 9.50 Å². The Balaban J connectivity index is 1.58. The number of hydrogen-bond acceptors (Lipinski definition) is 3. The zero-order valence-electron chi connectivity index (χ0n) is 11.1. The van der Waals surface area contributed by atoms with E-state index in [1.807, 2.05) is 12.1 Å². The molecule has 1 aliphatic carbocycles. The van der Waals surface area contributed by atoms with E-state index in [0.29, 0.717) is 6.04 Å². The van der Waals surface area contributed by atoms with Gasteiger partial charge in [0.2, 0.25) is 0 Å². The van der Waals surface area contributed by atoms with E-state index in [2.05, 4.69) is 9.80 Å². The third-order valence-electron chi connectivity index (χ3n) is 4.42. The van der Waals surface area contributed by atoms with Crippen molar-refractivity contribution in [3.05, 3.63) is 30.1 Å². The van der Waals surface area contributed by atoms with Crippen molar-refractivity contribution in [2.45, 2.75) is 31.4 Å². The molecule has 104 valence electrons. The van der Waals surface area contributed by atoms with Crippen molar-refractivity contribution in [1.82, 2.24) is 4.90 Å². The van der Waals surface area contributed by atoms with Gasteiger partial charge < -0.3 is 10.0 Å². The van der Waals surface area contributed by atoms with Crippen molar-refractivity contribution in [2.75, 3.05) is 31.1 Å². The standard InChI is InChI=1S/C15H21FN2O/c16-12-4-6-13(7-5-12)17-8-10-18(11-9-17)14-2-1-3-15(14)19/h4-7,14-15,19H,1-3,8-11H2/t14-,15-/m1/s1. The summed E-state index contributed by atoms with van der Waals surface area (Å²) in [4.78, 5) is 4.70. The molecule has 1 N–H and O–H groups in total. The maximum Gasteiger partial charge on any atom is 0.123 e. The third-order valence-corrected chi connectivity index (χ3v) is 4.42. The van der Waals surface area contributed by atoms with E-state index < -0.39 is 0 Å². The second kappa shape index (κ2) is 5.47. The first-order valence-electron chi connectivity index (χ1n) is 7.17. The lowest BCUT2D eigenvalue weighted by Gasteiger charge is -2.40. The number of aliphatic hydroxyl groups is 1. The SMILES string of the molecule is O[C@@H]1CCC[C@H]1N1CCN(c2ccc(F)cc2)CC1. The van der Waals surface area contributed by atoms with Crippen LogP contribution in [0.25, 0.3) is 0 Å². The van der Waals surface area contributed by atoms with Gasteiger partial charge in [-0.25, -0.2) is 4.39 Å². The van der Waals surface area contributed by atoms with Gasteiger partial charge in [0.25, 0.3) is 0 Å². The third kappa shape index (κ3) is 2.74. The molecule has 0 bridgehead atoms. The molecule has 0 amide bonds. The number of rotatable bonds is 2. The molecule has 0 unspecified atom stereocenters. The molecule has 1 aromatic carbocycles. The van der Waals surface area contributed by atoms with Gasteiger partial charge in [-0.3, -0.25) is 4.90 Å². The number of piperazine rings is 1. The van der Waals surface area contributed by atoms with E-state index >= 15 is 0 Å². The highest BCUT2D eigenvalue weighted by atomic mass is 19.1. The van der Waals surface area contributed by atoms with Crippen LogP contribution < -0.4 is 4.90 Å². The van der Waals surface area contributed by atoms with E-state index in [-0.39, 0.29) is 11.9 Å². The maximum absolute atomic E-state index is 12.9. The van der Waals surface area contributed by atoms with Crippen molar-refractivity contribution in [1.29, 1.82) is 0 Å². The summed E-state index contributed by atoms with van der Waals surface area (Å²) in [5, 5.41) is 9.96.